The summed E-state index contributed by atoms with van der Waals surface area (Å²) in [6.07, 6.45) is 1.73. The Kier molecular flexibility index (Phi) is 3.45. The SMILES string of the molecule is Cc1cccc2[nH]c(CN(C)C(=O)[C@]3(C)CCCO3)nc12. The van der Waals surface area contributed by atoms with Crippen LogP contribution in [0.1, 0.15) is 31.2 Å². The lowest BCUT2D eigenvalue weighted by Gasteiger charge is -2.27. The highest BCUT2D eigenvalue weighted by atomic mass is 16.5. The molecule has 0 aliphatic carbocycles. The Hall–Kier alpha value is -1.88. The first kappa shape index (κ1) is 14.1. The first-order valence-corrected chi connectivity index (χ1v) is 7.33. The summed E-state index contributed by atoms with van der Waals surface area (Å²) in [7, 11) is 1.80. The third kappa shape index (κ3) is 2.53. The third-order valence-electron chi connectivity index (χ3n) is 4.17. The van der Waals surface area contributed by atoms with Gasteiger partial charge in [0.05, 0.1) is 17.6 Å². The molecule has 112 valence electrons. The zero-order valence-corrected chi connectivity index (χ0v) is 12.8. The molecule has 1 atom stereocenters. The number of carbonyl (C=O) groups is 1. The largest absolute Gasteiger partial charge is 0.365 e. The standard InChI is InChI=1S/C16H21N3O2/c1-11-6-4-7-12-14(11)18-13(17-12)10-19(3)15(20)16(2)8-5-9-21-16/h4,6-7H,5,8-10H2,1-3H3,(H,17,18)/t16-/m0/s1. The molecule has 5 heteroatoms. The number of nitrogens with zero attached hydrogens (tertiary/aromatic N) is 2. The van der Waals surface area contributed by atoms with Crippen LogP contribution in [0.4, 0.5) is 0 Å². The van der Waals surface area contributed by atoms with Crippen molar-refractivity contribution in [2.45, 2.75) is 38.8 Å². The number of aromatic amines is 1. The molecule has 0 unspecified atom stereocenters. The van der Waals surface area contributed by atoms with Crippen LogP contribution in [0.15, 0.2) is 18.2 Å². The van der Waals surface area contributed by atoms with Crippen molar-refractivity contribution in [2.24, 2.45) is 0 Å². The number of H-pyrrole nitrogens is 1. The Morgan fingerprint density at radius 1 is 1.52 bits per heavy atom. The average molecular weight is 287 g/mol. The van der Waals surface area contributed by atoms with E-state index < -0.39 is 5.60 Å². The van der Waals surface area contributed by atoms with Crippen LogP contribution in [0.2, 0.25) is 0 Å². The van der Waals surface area contributed by atoms with E-state index in [2.05, 4.69) is 9.97 Å². The molecule has 21 heavy (non-hydrogen) atoms. The number of hydrogen-bond acceptors (Lipinski definition) is 3. The molecule has 0 bridgehead atoms. The summed E-state index contributed by atoms with van der Waals surface area (Å²) >= 11 is 0. The highest BCUT2D eigenvalue weighted by Gasteiger charge is 2.39. The molecule has 1 N–H and O–H groups in total. The summed E-state index contributed by atoms with van der Waals surface area (Å²) in [6.45, 7) is 5.04. The van der Waals surface area contributed by atoms with Crippen LogP contribution in [-0.2, 0) is 16.1 Å². The maximum Gasteiger partial charge on any atom is 0.254 e. The van der Waals surface area contributed by atoms with Gasteiger partial charge >= 0.3 is 0 Å². The minimum atomic E-state index is -0.670. The summed E-state index contributed by atoms with van der Waals surface area (Å²) in [4.78, 5) is 22.1. The van der Waals surface area contributed by atoms with Gasteiger partial charge in [-0.05, 0) is 38.3 Å². The summed E-state index contributed by atoms with van der Waals surface area (Å²) in [6, 6.07) is 6.04. The number of para-hydroxylation sites is 1. The van der Waals surface area contributed by atoms with Crippen molar-refractivity contribution < 1.29 is 9.53 Å². The minimum Gasteiger partial charge on any atom is -0.365 e. The fourth-order valence-electron chi connectivity index (χ4n) is 2.95. The molecule has 0 saturated carbocycles. The Morgan fingerprint density at radius 2 is 2.33 bits per heavy atom. The van der Waals surface area contributed by atoms with E-state index in [1.54, 1.807) is 11.9 Å². The molecule has 5 nitrogen and oxygen atoms in total. The molecule has 2 heterocycles. The summed E-state index contributed by atoms with van der Waals surface area (Å²) in [5, 5.41) is 0. The van der Waals surface area contributed by atoms with Gasteiger partial charge in [0, 0.05) is 13.7 Å². The number of aryl methyl sites for hydroxylation is 1. The van der Waals surface area contributed by atoms with Crippen LogP contribution in [0, 0.1) is 6.92 Å². The van der Waals surface area contributed by atoms with Crippen LogP contribution in [0.3, 0.4) is 0 Å². The predicted octanol–water partition coefficient (Wildman–Crippen LogP) is 2.40. The molecule has 1 aliphatic heterocycles. The smallest absolute Gasteiger partial charge is 0.254 e. The number of nitrogens with one attached hydrogen (secondary N) is 1. The second kappa shape index (κ2) is 5.15. The molecule has 1 aromatic heterocycles. The molecule has 1 saturated heterocycles. The van der Waals surface area contributed by atoms with E-state index in [0.717, 1.165) is 35.3 Å². The van der Waals surface area contributed by atoms with Gasteiger partial charge in [0.15, 0.2) is 0 Å². The van der Waals surface area contributed by atoms with Crippen LogP contribution in [0.25, 0.3) is 11.0 Å². The maximum absolute atomic E-state index is 12.5. The van der Waals surface area contributed by atoms with Crippen molar-refractivity contribution in [3.8, 4) is 0 Å². The van der Waals surface area contributed by atoms with Crippen molar-refractivity contribution in [1.29, 1.82) is 0 Å². The zero-order valence-electron chi connectivity index (χ0n) is 12.8. The van der Waals surface area contributed by atoms with Crippen LogP contribution in [-0.4, -0.2) is 40.0 Å². The van der Waals surface area contributed by atoms with Gasteiger partial charge in [-0.15, -0.1) is 0 Å². The normalized spacial score (nSPS) is 21.9. The van der Waals surface area contributed by atoms with Gasteiger partial charge in [-0.25, -0.2) is 4.98 Å². The fraction of sp³-hybridized carbons (Fsp3) is 0.500. The molecule has 3 rings (SSSR count). The van der Waals surface area contributed by atoms with E-state index in [-0.39, 0.29) is 5.91 Å². The monoisotopic (exact) mass is 287 g/mol. The summed E-state index contributed by atoms with van der Waals surface area (Å²) in [5.41, 5.74) is 2.44. The number of likely N-dealkylation sites (N-methyl/N-ethyl adjacent to an activating group) is 1. The number of fused-ring (bicyclic) bond motifs is 1. The number of ether oxygens (including phenoxy) is 1. The van der Waals surface area contributed by atoms with Crippen molar-refractivity contribution in [3.05, 3.63) is 29.6 Å². The number of carbonyl (C=O) groups excluding carboxylic acids is 1. The van der Waals surface area contributed by atoms with Gasteiger partial charge in [0.2, 0.25) is 0 Å². The summed E-state index contributed by atoms with van der Waals surface area (Å²) < 4.78 is 5.62. The van der Waals surface area contributed by atoms with Crippen molar-refractivity contribution in [1.82, 2.24) is 14.9 Å². The number of imidazole rings is 1. The summed E-state index contributed by atoms with van der Waals surface area (Å²) in [5.74, 6) is 0.828. The number of amides is 1. The predicted molar refractivity (Wildman–Crippen MR) is 80.9 cm³/mol. The van der Waals surface area contributed by atoms with Crippen molar-refractivity contribution in [3.63, 3.8) is 0 Å². The Balaban J connectivity index is 1.78. The van der Waals surface area contributed by atoms with Gasteiger partial charge in [-0.3, -0.25) is 4.79 Å². The maximum atomic E-state index is 12.5. The Labute approximate surface area is 124 Å². The molecule has 1 aromatic carbocycles. The lowest BCUT2D eigenvalue weighted by molar-refractivity contribution is -0.150. The fourth-order valence-corrected chi connectivity index (χ4v) is 2.95. The molecule has 1 fully saturated rings. The van der Waals surface area contributed by atoms with Gasteiger partial charge in [0.1, 0.15) is 11.4 Å². The van der Waals surface area contributed by atoms with E-state index in [9.17, 15) is 4.79 Å². The van der Waals surface area contributed by atoms with E-state index >= 15 is 0 Å². The number of benzene rings is 1. The topological polar surface area (TPSA) is 58.2 Å². The van der Waals surface area contributed by atoms with E-state index in [1.807, 2.05) is 32.0 Å². The van der Waals surface area contributed by atoms with Gasteiger partial charge < -0.3 is 14.6 Å². The zero-order chi connectivity index (χ0) is 15.0. The lowest BCUT2D eigenvalue weighted by Crippen LogP contribution is -2.44. The highest BCUT2D eigenvalue weighted by molar-refractivity contribution is 5.85. The Bertz CT molecular complexity index is 671. The molecular weight excluding hydrogens is 266 g/mol. The first-order chi connectivity index (χ1) is 9.99. The molecular formula is C16H21N3O2. The average Bonchev–Trinajstić information content (AvgIpc) is 3.06. The van der Waals surface area contributed by atoms with Gasteiger partial charge in [-0.2, -0.15) is 0 Å². The minimum absolute atomic E-state index is 0.0252. The third-order valence-corrected chi connectivity index (χ3v) is 4.17. The first-order valence-electron chi connectivity index (χ1n) is 7.33. The van der Waals surface area contributed by atoms with E-state index in [4.69, 9.17) is 4.74 Å². The molecule has 1 aliphatic rings. The second-order valence-corrected chi connectivity index (χ2v) is 6.00. The highest BCUT2D eigenvalue weighted by Crippen LogP contribution is 2.27. The molecule has 2 aromatic rings. The van der Waals surface area contributed by atoms with Gasteiger partial charge in [0.25, 0.3) is 5.91 Å². The number of aromatic nitrogens is 2. The molecule has 0 radical (unpaired) electrons. The molecule has 0 spiro atoms. The Morgan fingerprint density at radius 3 is 3.00 bits per heavy atom. The molecule has 1 amide bonds. The van der Waals surface area contributed by atoms with Crippen molar-refractivity contribution in [2.75, 3.05) is 13.7 Å². The second-order valence-electron chi connectivity index (χ2n) is 6.00. The van der Waals surface area contributed by atoms with Crippen LogP contribution in [0.5, 0.6) is 0 Å². The van der Waals surface area contributed by atoms with E-state index in [1.165, 1.54) is 0 Å². The lowest BCUT2D eigenvalue weighted by atomic mass is 10.0. The number of hydrogen-bond donors (Lipinski definition) is 1. The van der Waals surface area contributed by atoms with E-state index in [0.29, 0.717) is 13.2 Å². The number of rotatable bonds is 3. The van der Waals surface area contributed by atoms with Gasteiger partial charge in [-0.1, -0.05) is 12.1 Å². The van der Waals surface area contributed by atoms with Crippen LogP contribution >= 0.6 is 0 Å². The van der Waals surface area contributed by atoms with Crippen molar-refractivity contribution >= 4 is 16.9 Å². The van der Waals surface area contributed by atoms with Crippen LogP contribution < -0.4 is 0 Å². The quantitative estimate of drug-likeness (QED) is 0.943.